The first kappa shape index (κ1) is 9.27. The van der Waals surface area contributed by atoms with Crippen LogP contribution in [0.1, 0.15) is 5.56 Å². The second kappa shape index (κ2) is 3.46. The van der Waals surface area contributed by atoms with Gasteiger partial charge in [0.1, 0.15) is 23.9 Å². The molecule has 0 bridgehead atoms. The summed E-state index contributed by atoms with van der Waals surface area (Å²) in [5, 5.41) is 0. The third-order valence-corrected chi connectivity index (χ3v) is 2.45. The number of hydrogen-bond donors (Lipinski definition) is 0. The van der Waals surface area contributed by atoms with E-state index in [2.05, 4.69) is 0 Å². The van der Waals surface area contributed by atoms with Crippen LogP contribution in [0, 0.1) is 0 Å². The summed E-state index contributed by atoms with van der Waals surface area (Å²) < 4.78 is 15.7. The van der Waals surface area contributed by atoms with Gasteiger partial charge in [-0.25, -0.2) is 0 Å². The average Bonchev–Trinajstić information content (AvgIpc) is 2.59. The zero-order chi connectivity index (χ0) is 10.1. The van der Waals surface area contributed by atoms with Gasteiger partial charge in [-0.05, 0) is 0 Å². The van der Waals surface area contributed by atoms with Crippen molar-refractivity contribution in [1.82, 2.24) is 0 Å². The number of benzene rings is 1. The predicted molar refractivity (Wildman–Crippen MR) is 56.7 cm³/mol. The minimum atomic E-state index is 0.453. The van der Waals surface area contributed by atoms with E-state index in [9.17, 15) is 0 Å². The van der Waals surface area contributed by atoms with E-state index in [-0.39, 0.29) is 0 Å². The molecule has 0 atom stereocenters. The first-order valence-corrected chi connectivity index (χ1v) is 4.59. The monoisotopic (exact) mass is 210 g/mol. The molecule has 0 unspecified atom stereocenters. The zero-order valence-electron chi connectivity index (χ0n) is 7.99. The summed E-state index contributed by atoms with van der Waals surface area (Å²) >= 11 is 5.16. The van der Waals surface area contributed by atoms with E-state index in [1.54, 1.807) is 20.3 Å². The highest BCUT2D eigenvalue weighted by Gasteiger charge is 2.23. The van der Waals surface area contributed by atoms with Crippen LogP contribution in [0.5, 0.6) is 17.2 Å². The molecule has 14 heavy (non-hydrogen) atoms. The van der Waals surface area contributed by atoms with Crippen molar-refractivity contribution < 1.29 is 14.2 Å². The number of hydrogen-bond acceptors (Lipinski definition) is 4. The van der Waals surface area contributed by atoms with E-state index in [1.165, 1.54) is 0 Å². The van der Waals surface area contributed by atoms with E-state index < -0.39 is 0 Å². The van der Waals surface area contributed by atoms with Crippen LogP contribution in [0.2, 0.25) is 0 Å². The van der Waals surface area contributed by atoms with Crippen LogP contribution in [0.4, 0.5) is 0 Å². The fourth-order valence-electron chi connectivity index (χ4n) is 1.45. The minimum absolute atomic E-state index is 0.453. The van der Waals surface area contributed by atoms with Gasteiger partial charge in [-0.1, -0.05) is 12.2 Å². The third-order valence-electron chi connectivity index (χ3n) is 2.13. The molecule has 0 aliphatic carbocycles. The summed E-state index contributed by atoms with van der Waals surface area (Å²) in [4.78, 5) is 0.777. The molecule has 1 heterocycles. The number of fused-ring (bicyclic) bond motifs is 1. The second-order valence-corrected chi connectivity index (χ2v) is 3.41. The highest BCUT2D eigenvalue weighted by atomic mass is 32.1. The lowest BCUT2D eigenvalue weighted by atomic mass is 10.1. The second-order valence-electron chi connectivity index (χ2n) is 2.91. The molecule has 3 nitrogen and oxygen atoms in total. The average molecular weight is 210 g/mol. The van der Waals surface area contributed by atoms with Crippen molar-refractivity contribution in [3.63, 3.8) is 0 Å². The van der Waals surface area contributed by atoms with E-state index in [4.69, 9.17) is 26.4 Å². The van der Waals surface area contributed by atoms with Gasteiger partial charge >= 0.3 is 0 Å². The molecule has 1 aliphatic heterocycles. The van der Waals surface area contributed by atoms with E-state index in [1.807, 2.05) is 6.07 Å². The van der Waals surface area contributed by atoms with Gasteiger partial charge in [0, 0.05) is 12.1 Å². The van der Waals surface area contributed by atoms with Gasteiger partial charge in [0.2, 0.25) is 0 Å². The molecule has 4 heteroatoms. The molecule has 1 aromatic rings. The topological polar surface area (TPSA) is 27.7 Å². The summed E-state index contributed by atoms with van der Waals surface area (Å²) in [7, 11) is 3.21. The first-order chi connectivity index (χ1) is 6.76. The Labute approximate surface area is 87.6 Å². The Balaban J connectivity index is 2.58. The summed E-state index contributed by atoms with van der Waals surface area (Å²) in [6.45, 7) is 0.453. The normalized spacial score (nSPS) is 13.4. The lowest BCUT2D eigenvalue weighted by Crippen LogP contribution is -1.99. The van der Waals surface area contributed by atoms with E-state index in [0.717, 1.165) is 16.2 Å². The maximum Gasteiger partial charge on any atom is 0.135 e. The Bertz CT molecular complexity index is 387. The third kappa shape index (κ3) is 1.32. The zero-order valence-corrected chi connectivity index (χ0v) is 8.81. The van der Waals surface area contributed by atoms with Crippen molar-refractivity contribution in [2.45, 2.75) is 0 Å². The van der Waals surface area contributed by atoms with Crippen molar-refractivity contribution in [2.24, 2.45) is 0 Å². The van der Waals surface area contributed by atoms with Crippen LogP contribution in [-0.2, 0) is 0 Å². The Hall–Kier alpha value is -1.29. The molecule has 2 rings (SSSR count). The van der Waals surface area contributed by atoms with E-state index >= 15 is 0 Å². The quantitative estimate of drug-likeness (QED) is 0.696. The Morgan fingerprint density at radius 2 is 2.07 bits per heavy atom. The minimum Gasteiger partial charge on any atom is -0.496 e. The molecule has 1 aliphatic rings. The number of thiocarbonyl (C=S) groups is 1. The maximum absolute atomic E-state index is 5.39. The van der Waals surface area contributed by atoms with Gasteiger partial charge in [0.15, 0.2) is 0 Å². The highest BCUT2D eigenvalue weighted by Crippen LogP contribution is 2.37. The van der Waals surface area contributed by atoms with Gasteiger partial charge in [-0.3, -0.25) is 0 Å². The van der Waals surface area contributed by atoms with Crippen LogP contribution in [0.25, 0.3) is 0 Å². The number of rotatable bonds is 2. The van der Waals surface area contributed by atoms with Crippen molar-refractivity contribution >= 4 is 17.1 Å². The Kier molecular flexibility index (Phi) is 2.29. The molecule has 0 saturated carbocycles. The fourth-order valence-corrected chi connectivity index (χ4v) is 1.71. The number of ether oxygens (including phenoxy) is 3. The molecule has 0 saturated heterocycles. The van der Waals surface area contributed by atoms with Crippen LogP contribution in [0.15, 0.2) is 12.1 Å². The Morgan fingerprint density at radius 1 is 1.29 bits per heavy atom. The van der Waals surface area contributed by atoms with Gasteiger partial charge in [-0.2, -0.15) is 0 Å². The molecule has 0 N–H and O–H groups in total. The molecule has 0 amide bonds. The molecule has 74 valence electrons. The number of methoxy groups -OCH3 is 2. The van der Waals surface area contributed by atoms with Crippen molar-refractivity contribution in [1.29, 1.82) is 0 Å². The van der Waals surface area contributed by atoms with Crippen LogP contribution < -0.4 is 14.2 Å². The fraction of sp³-hybridized carbons (Fsp3) is 0.300. The molecular weight excluding hydrogens is 200 g/mol. The van der Waals surface area contributed by atoms with Crippen molar-refractivity contribution in [2.75, 3.05) is 20.8 Å². The largest absolute Gasteiger partial charge is 0.496 e. The van der Waals surface area contributed by atoms with Gasteiger partial charge in [0.25, 0.3) is 0 Å². The molecule has 0 aromatic heterocycles. The Morgan fingerprint density at radius 3 is 2.71 bits per heavy atom. The van der Waals surface area contributed by atoms with Crippen LogP contribution >= 0.6 is 12.2 Å². The van der Waals surface area contributed by atoms with Gasteiger partial charge < -0.3 is 14.2 Å². The lowest BCUT2D eigenvalue weighted by Gasteiger charge is -2.08. The highest BCUT2D eigenvalue weighted by molar-refractivity contribution is 7.81. The molecule has 0 radical (unpaired) electrons. The SMILES string of the molecule is COc1cc(OC)c2c(c1)OCC2=S. The van der Waals surface area contributed by atoms with Crippen LogP contribution in [0.3, 0.4) is 0 Å². The molecule has 1 aromatic carbocycles. The van der Waals surface area contributed by atoms with Crippen molar-refractivity contribution in [3.8, 4) is 17.2 Å². The summed E-state index contributed by atoms with van der Waals surface area (Å²) in [6, 6.07) is 3.62. The van der Waals surface area contributed by atoms with Crippen molar-refractivity contribution in [3.05, 3.63) is 17.7 Å². The molecule has 0 spiro atoms. The van der Waals surface area contributed by atoms with Gasteiger partial charge in [-0.15, -0.1) is 0 Å². The lowest BCUT2D eigenvalue weighted by molar-refractivity contribution is 0.372. The predicted octanol–water partition coefficient (Wildman–Crippen LogP) is 1.81. The van der Waals surface area contributed by atoms with Crippen LogP contribution in [-0.4, -0.2) is 25.7 Å². The summed E-state index contributed by atoms with van der Waals surface area (Å²) in [6.07, 6.45) is 0. The van der Waals surface area contributed by atoms with E-state index in [0.29, 0.717) is 18.1 Å². The molecule has 0 fully saturated rings. The summed E-state index contributed by atoms with van der Waals surface area (Å²) in [5.41, 5.74) is 0.878. The summed E-state index contributed by atoms with van der Waals surface area (Å²) in [5.74, 6) is 2.17. The standard InChI is InChI=1S/C10H10O3S/c1-11-6-3-7(12-2)10-8(4-6)13-5-9(10)14/h3-4H,5H2,1-2H3. The van der Waals surface area contributed by atoms with Gasteiger partial charge in [0.05, 0.1) is 24.6 Å². The maximum atomic E-state index is 5.39. The first-order valence-electron chi connectivity index (χ1n) is 4.18. The molecular formula is C10H10O3S. The smallest absolute Gasteiger partial charge is 0.135 e.